The number of rotatable bonds is 7. The van der Waals surface area contributed by atoms with Crippen LogP contribution in [0, 0.1) is 5.82 Å². The minimum atomic E-state index is -0.768. The molecule has 0 radical (unpaired) electrons. The first-order valence-electron chi connectivity index (χ1n) is 7.61. The van der Waals surface area contributed by atoms with Crippen molar-refractivity contribution >= 4 is 23.5 Å². The number of methoxy groups -OCH3 is 1. The highest BCUT2D eigenvalue weighted by atomic mass is 19.1. The summed E-state index contributed by atoms with van der Waals surface area (Å²) in [5.41, 5.74) is 0.699. The molecule has 2 amide bonds. The minimum absolute atomic E-state index is 0.325. The van der Waals surface area contributed by atoms with Crippen LogP contribution in [0.2, 0.25) is 0 Å². The quantitative estimate of drug-likeness (QED) is 0.734. The van der Waals surface area contributed by atoms with Gasteiger partial charge in [0.1, 0.15) is 18.1 Å². The molecule has 0 saturated heterocycles. The zero-order valence-corrected chi connectivity index (χ0v) is 14.0. The molecule has 0 aliphatic carbocycles. The molecule has 0 aliphatic heterocycles. The number of carbonyl (C=O) groups is 3. The lowest BCUT2D eigenvalue weighted by molar-refractivity contribution is -0.146. The molecule has 2 aromatic carbocycles. The lowest BCUT2D eigenvalue weighted by Crippen LogP contribution is -2.32. The minimum Gasteiger partial charge on any atom is -0.497 e. The summed E-state index contributed by atoms with van der Waals surface area (Å²) in [7, 11) is 1.48. The van der Waals surface area contributed by atoms with E-state index in [1.165, 1.54) is 37.4 Å². The van der Waals surface area contributed by atoms with E-state index in [0.29, 0.717) is 17.0 Å². The van der Waals surface area contributed by atoms with Gasteiger partial charge in [0.05, 0.1) is 7.11 Å². The molecule has 0 saturated carbocycles. The maximum absolute atomic E-state index is 12.8. The van der Waals surface area contributed by atoms with Crippen LogP contribution < -0.4 is 15.4 Å². The third-order valence-corrected chi connectivity index (χ3v) is 3.22. The highest BCUT2D eigenvalue weighted by molar-refractivity contribution is 5.96. The second-order valence-corrected chi connectivity index (χ2v) is 5.13. The van der Waals surface area contributed by atoms with Gasteiger partial charge in [0.2, 0.25) is 0 Å². The van der Waals surface area contributed by atoms with Gasteiger partial charge in [-0.25, -0.2) is 4.39 Å². The Labute approximate surface area is 149 Å². The number of hydrogen-bond acceptors (Lipinski definition) is 5. The van der Waals surface area contributed by atoms with E-state index in [1.807, 2.05) is 0 Å². The van der Waals surface area contributed by atoms with Gasteiger partial charge < -0.3 is 20.1 Å². The second kappa shape index (κ2) is 9.16. The maximum atomic E-state index is 12.8. The SMILES string of the molecule is COc1cccc(C(=O)NCC(=O)OCC(=O)Nc2ccc(F)cc2)c1. The van der Waals surface area contributed by atoms with Crippen molar-refractivity contribution in [2.45, 2.75) is 0 Å². The van der Waals surface area contributed by atoms with Crippen LogP contribution in [-0.2, 0) is 14.3 Å². The van der Waals surface area contributed by atoms with E-state index in [0.717, 1.165) is 0 Å². The van der Waals surface area contributed by atoms with Crippen LogP contribution in [0.5, 0.6) is 5.75 Å². The number of hydrogen-bond donors (Lipinski definition) is 2. The Morgan fingerprint density at radius 1 is 1.08 bits per heavy atom. The number of halogens is 1. The molecule has 2 aromatic rings. The van der Waals surface area contributed by atoms with Gasteiger partial charge in [-0.15, -0.1) is 0 Å². The van der Waals surface area contributed by atoms with Crippen molar-refractivity contribution in [2.24, 2.45) is 0 Å². The van der Waals surface area contributed by atoms with Gasteiger partial charge in [-0.1, -0.05) is 6.07 Å². The number of ether oxygens (including phenoxy) is 2. The van der Waals surface area contributed by atoms with Crippen molar-refractivity contribution in [3.05, 3.63) is 59.9 Å². The molecule has 0 aliphatic rings. The number of carbonyl (C=O) groups excluding carboxylic acids is 3. The summed E-state index contributed by atoms with van der Waals surface area (Å²) in [6.07, 6.45) is 0. The van der Waals surface area contributed by atoms with E-state index in [-0.39, 0.29) is 6.54 Å². The molecule has 136 valence electrons. The molecule has 0 unspecified atom stereocenters. The molecular weight excluding hydrogens is 343 g/mol. The summed E-state index contributed by atoms with van der Waals surface area (Å²) in [6, 6.07) is 11.6. The van der Waals surface area contributed by atoms with Crippen LogP contribution >= 0.6 is 0 Å². The van der Waals surface area contributed by atoms with Gasteiger partial charge in [-0.05, 0) is 42.5 Å². The third-order valence-electron chi connectivity index (χ3n) is 3.22. The van der Waals surface area contributed by atoms with E-state index in [4.69, 9.17) is 9.47 Å². The Bertz CT molecular complexity index is 792. The Hall–Kier alpha value is -3.42. The average molecular weight is 360 g/mol. The lowest BCUT2D eigenvalue weighted by atomic mass is 10.2. The van der Waals surface area contributed by atoms with E-state index in [2.05, 4.69) is 10.6 Å². The molecule has 0 heterocycles. The summed E-state index contributed by atoms with van der Waals surface area (Å²) >= 11 is 0. The van der Waals surface area contributed by atoms with Crippen LogP contribution in [0.1, 0.15) is 10.4 Å². The molecule has 26 heavy (non-hydrogen) atoms. The van der Waals surface area contributed by atoms with Crippen molar-refractivity contribution < 1.29 is 28.2 Å². The summed E-state index contributed by atoms with van der Waals surface area (Å²) in [5, 5.41) is 4.83. The molecule has 0 bridgehead atoms. The molecule has 0 fully saturated rings. The van der Waals surface area contributed by atoms with Crippen LogP contribution in [0.15, 0.2) is 48.5 Å². The first kappa shape index (κ1) is 18.9. The van der Waals surface area contributed by atoms with Crippen LogP contribution in [0.4, 0.5) is 10.1 Å². The van der Waals surface area contributed by atoms with E-state index >= 15 is 0 Å². The standard InChI is InChI=1S/C18H17FN2O5/c1-25-15-4-2-3-12(9-15)18(24)20-10-17(23)26-11-16(22)21-14-7-5-13(19)6-8-14/h2-9H,10-11H2,1H3,(H,20,24)(H,21,22). The molecule has 2 rings (SSSR count). The molecule has 7 nitrogen and oxygen atoms in total. The van der Waals surface area contributed by atoms with Crippen LogP contribution in [-0.4, -0.2) is 38.0 Å². The fraction of sp³-hybridized carbons (Fsp3) is 0.167. The van der Waals surface area contributed by atoms with Crippen molar-refractivity contribution in [1.82, 2.24) is 5.32 Å². The van der Waals surface area contributed by atoms with Crippen LogP contribution in [0.3, 0.4) is 0 Å². The predicted molar refractivity (Wildman–Crippen MR) is 91.3 cm³/mol. The Morgan fingerprint density at radius 3 is 2.50 bits per heavy atom. The van der Waals surface area contributed by atoms with Gasteiger partial charge in [0, 0.05) is 11.3 Å². The maximum Gasteiger partial charge on any atom is 0.325 e. The van der Waals surface area contributed by atoms with Crippen LogP contribution in [0.25, 0.3) is 0 Å². The largest absolute Gasteiger partial charge is 0.497 e. The summed E-state index contributed by atoms with van der Waals surface area (Å²) in [5.74, 6) is -1.74. The summed E-state index contributed by atoms with van der Waals surface area (Å²) in [4.78, 5) is 35.2. The van der Waals surface area contributed by atoms with E-state index < -0.39 is 30.2 Å². The summed E-state index contributed by atoms with van der Waals surface area (Å²) < 4.78 is 22.6. The molecule has 0 spiro atoms. The lowest BCUT2D eigenvalue weighted by Gasteiger charge is -2.08. The monoisotopic (exact) mass is 360 g/mol. The normalized spacial score (nSPS) is 9.92. The van der Waals surface area contributed by atoms with E-state index in [1.54, 1.807) is 18.2 Å². The average Bonchev–Trinajstić information content (AvgIpc) is 2.66. The highest BCUT2D eigenvalue weighted by Gasteiger charge is 2.11. The van der Waals surface area contributed by atoms with Crippen molar-refractivity contribution in [3.63, 3.8) is 0 Å². The Morgan fingerprint density at radius 2 is 1.81 bits per heavy atom. The summed E-state index contributed by atoms with van der Waals surface area (Å²) in [6.45, 7) is -0.912. The Kier molecular flexibility index (Phi) is 6.67. The first-order valence-corrected chi connectivity index (χ1v) is 7.61. The third kappa shape index (κ3) is 5.90. The second-order valence-electron chi connectivity index (χ2n) is 5.13. The van der Waals surface area contributed by atoms with Crippen molar-refractivity contribution in [3.8, 4) is 5.75 Å². The van der Waals surface area contributed by atoms with Crippen molar-refractivity contribution in [2.75, 3.05) is 25.6 Å². The number of anilines is 1. The number of amides is 2. The molecular formula is C18H17FN2O5. The zero-order chi connectivity index (χ0) is 18.9. The molecule has 0 aromatic heterocycles. The van der Waals surface area contributed by atoms with E-state index in [9.17, 15) is 18.8 Å². The molecule has 0 atom stereocenters. The van der Waals surface area contributed by atoms with Gasteiger partial charge >= 0.3 is 5.97 Å². The predicted octanol–water partition coefficient (Wildman–Crippen LogP) is 1.75. The number of nitrogens with one attached hydrogen (secondary N) is 2. The van der Waals surface area contributed by atoms with Crippen molar-refractivity contribution in [1.29, 1.82) is 0 Å². The van der Waals surface area contributed by atoms with Gasteiger partial charge in [-0.2, -0.15) is 0 Å². The Balaban J connectivity index is 1.73. The molecule has 2 N–H and O–H groups in total. The fourth-order valence-electron chi connectivity index (χ4n) is 1.95. The molecule has 8 heteroatoms. The first-order chi connectivity index (χ1) is 12.5. The van der Waals surface area contributed by atoms with Gasteiger partial charge in [-0.3, -0.25) is 14.4 Å². The number of esters is 1. The van der Waals surface area contributed by atoms with Gasteiger partial charge in [0.15, 0.2) is 6.61 Å². The smallest absolute Gasteiger partial charge is 0.325 e. The topological polar surface area (TPSA) is 93.7 Å². The van der Waals surface area contributed by atoms with Gasteiger partial charge in [0.25, 0.3) is 11.8 Å². The fourth-order valence-corrected chi connectivity index (χ4v) is 1.95. The zero-order valence-electron chi connectivity index (χ0n) is 14.0. The highest BCUT2D eigenvalue weighted by Crippen LogP contribution is 2.12. The number of benzene rings is 2.